The van der Waals surface area contributed by atoms with Crippen LogP contribution < -0.4 is 0 Å². The molecule has 20 heavy (non-hydrogen) atoms. The van der Waals surface area contributed by atoms with E-state index in [0.29, 0.717) is 0 Å². The van der Waals surface area contributed by atoms with Crippen molar-refractivity contribution in [2.75, 3.05) is 19.6 Å². The average molecular weight is 273 g/mol. The van der Waals surface area contributed by atoms with Crippen LogP contribution in [0.1, 0.15) is 57.4 Å². The summed E-state index contributed by atoms with van der Waals surface area (Å²) >= 11 is 0. The van der Waals surface area contributed by atoms with Crippen molar-refractivity contribution < 1.29 is 0 Å². The monoisotopic (exact) mass is 273 g/mol. The second-order valence-electron chi connectivity index (χ2n) is 6.34. The van der Waals surface area contributed by atoms with Crippen molar-refractivity contribution in [2.45, 2.75) is 58.3 Å². The minimum atomic E-state index is 1.01. The fourth-order valence-corrected chi connectivity index (χ4v) is 3.28. The van der Waals surface area contributed by atoms with E-state index in [1.807, 2.05) is 0 Å². The molecule has 1 nitrogen and oxygen atoms in total. The van der Waals surface area contributed by atoms with Gasteiger partial charge in [0.05, 0.1) is 0 Å². The van der Waals surface area contributed by atoms with Crippen molar-refractivity contribution >= 4 is 0 Å². The number of aryl methyl sites for hydroxylation is 1. The summed E-state index contributed by atoms with van der Waals surface area (Å²) in [6.45, 7) is 6.37. The van der Waals surface area contributed by atoms with Gasteiger partial charge in [0.1, 0.15) is 0 Å². The zero-order valence-corrected chi connectivity index (χ0v) is 13.2. The first kappa shape index (κ1) is 15.6. The number of unbranched alkanes of at least 4 members (excludes halogenated alkanes) is 3. The number of hydrogen-bond acceptors (Lipinski definition) is 1. The lowest BCUT2D eigenvalue weighted by molar-refractivity contribution is 0.179. The summed E-state index contributed by atoms with van der Waals surface area (Å²) in [5.74, 6) is 1.01. The van der Waals surface area contributed by atoms with Gasteiger partial charge in [-0.25, -0.2) is 0 Å². The third-order valence-corrected chi connectivity index (χ3v) is 4.82. The Labute approximate surface area is 125 Å². The Kier molecular flexibility index (Phi) is 7.14. The Hall–Kier alpha value is -0.820. The highest BCUT2D eigenvalue weighted by molar-refractivity contribution is 5.14. The lowest BCUT2D eigenvalue weighted by Gasteiger charge is -2.31. The molecular weight excluding hydrogens is 242 g/mol. The number of piperidine rings is 1. The van der Waals surface area contributed by atoms with Crippen LogP contribution in [0.3, 0.4) is 0 Å². The van der Waals surface area contributed by atoms with Crippen molar-refractivity contribution in [3.63, 3.8) is 0 Å². The fourth-order valence-electron chi connectivity index (χ4n) is 3.28. The fraction of sp³-hybridized carbons (Fsp3) is 0.684. The summed E-state index contributed by atoms with van der Waals surface area (Å²) in [5.41, 5.74) is 1.49. The molecule has 1 aromatic carbocycles. The molecule has 1 fully saturated rings. The van der Waals surface area contributed by atoms with Gasteiger partial charge < -0.3 is 4.90 Å². The molecule has 2 rings (SSSR count). The van der Waals surface area contributed by atoms with E-state index in [-0.39, 0.29) is 0 Å². The van der Waals surface area contributed by atoms with Gasteiger partial charge in [0.25, 0.3) is 0 Å². The van der Waals surface area contributed by atoms with E-state index in [4.69, 9.17) is 0 Å². The van der Waals surface area contributed by atoms with Crippen LogP contribution in [0, 0.1) is 5.92 Å². The number of nitrogens with zero attached hydrogens (tertiary/aromatic N) is 1. The van der Waals surface area contributed by atoms with Crippen molar-refractivity contribution in [1.82, 2.24) is 4.90 Å². The van der Waals surface area contributed by atoms with Crippen LogP contribution in [0.4, 0.5) is 0 Å². The molecule has 0 N–H and O–H groups in total. The van der Waals surface area contributed by atoms with Crippen LogP contribution >= 0.6 is 0 Å². The molecule has 1 aromatic rings. The molecule has 0 atom stereocenters. The Morgan fingerprint density at radius 3 is 2.35 bits per heavy atom. The SMILES string of the molecule is CCC1CCN(CCCCCCc2ccccc2)CC1. The standard InChI is InChI=1S/C19H31N/c1-2-18-13-16-20(17-14-18)15-9-4-3-6-10-19-11-7-5-8-12-19/h5,7-8,11-12,18H,2-4,6,9-10,13-17H2,1H3. The Bertz CT molecular complexity index is 338. The molecule has 1 heteroatoms. The van der Waals surface area contributed by atoms with E-state index in [9.17, 15) is 0 Å². The second-order valence-corrected chi connectivity index (χ2v) is 6.34. The third-order valence-electron chi connectivity index (χ3n) is 4.82. The molecule has 0 aromatic heterocycles. The topological polar surface area (TPSA) is 3.24 Å². The zero-order valence-electron chi connectivity index (χ0n) is 13.2. The highest BCUT2D eigenvalue weighted by Gasteiger charge is 2.16. The smallest absolute Gasteiger partial charge is 0.00161 e. The van der Waals surface area contributed by atoms with Crippen LogP contribution in [0.2, 0.25) is 0 Å². The van der Waals surface area contributed by atoms with Crippen molar-refractivity contribution in [1.29, 1.82) is 0 Å². The van der Waals surface area contributed by atoms with Gasteiger partial charge in [-0.3, -0.25) is 0 Å². The van der Waals surface area contributed by atoms with Crippen LogP contribution in [0.25, 0.3) is 0 Å². The average Bonchev–Trinajstić information content (AvgIpc) is 2.52. The quantitative estimate of drug-likeness (QED) is 0.608. The Balaban J connectivity index is 1.46. The first-order chi connectivity index (χ1) is 9.88. The maximum Gasteiger partial charge on any atom is -0.00161 e. The molecule has 0 radical (unpaired) electrons. The van der Waals surface area contributed by atoms with Gasteiger partial charge in [0.15, 0.2) is 0 Å². The van der Waals surface area contributed by atoms with E-state index >= 15 is 0 Å². The number of hydrogen-bond donors (Lipinski definition) is 0. The van der Waals surface area contributed by atoms with Gasteiger partial charge in [-0.2, -0.15) is 0 Å². The van der Waals surface area contributed by atoms with Crippen molar-refractivity contribution in [2.24, 2.45) is 5.92 Å². The Morgan fingerprint density at radius 2 is 1.65 bits per heavy atom. The van der Waals surface area contributed by atoms with Crippen LogP contribution in [0.15, 0.2) is 30.3 Å². The summed E-state index contributed by atoms with van der Waals surface area (Å²) < 4.78 is 0. The van der Waals surface area contributed by atoms with E-state index in [1.165, 1.54) is 76.6 Å². The van der Waals surface area contributed by atoms with Gasteiger partial charge in [-0.15, -0.1) is 0 Å². The largest absolute Gasteiger partial charge is 0.303 e. The van der Waals surface area contributed by atoms with E-state index in [2.05, 4.69) is 42.2 Å². The van der Waals surface area contributed by atoms with Gasteiger partial charge in [-0.05, 0) is 63.2 Å². The number of likely N-dealkylation sites (tertiary alicyclic amines) is 1. The summed E-state index contributed by atoms with van der Waals surface area (Å²) in [6, 6.07) is 10.9. The first-order valence-electron chi connectivity index (χ1n) is 8.64. The van der Waals surface area contributed by atoms with Gasteiger partial charge in [0.2, 0.25) is 0 Å². The molecule has 1 saturated heterocycles. The maximum absolute atomic E-state index is 2.68. The van der Waals surface area contributed by atoms with E-state index in [1.54, 1.807) is 0 Å². The first-order valence-corrected chi connectivity index (χ1v) is 8.64. The highest BCUT2D eigenvalue weighted by atomic mass is 15.1. The molecular formula is C19H31N. The minimum absolute atomic E-state index is 1.01. The molecule has 0 aliphatic carbocycles. The van der Waals surface area contributed by atoms with E-state index < -0.39 is 0 Å². The molecule has 112 valence electrons. The Morgan fingerprint density at radius 1 is 0.950 bits per heavy atom. The molecule has 1 aliphatic heterocycles. The summed E-state index contributed by atoms with van der Waals surface area (Å²) in [5, 5.41) is 0. The molecule has 0 unspecified atom stereocenters. The van der Waals surface area contributed by atoms with Gasteiger partial charge in [0, 0.05) is 0 Å². The van der Waals surface area contributed by atoms with E-state index in [0.717, 1.165) is 5.92 Å². The normalized spacial score (nSPS) is 17.4. The van der Waals surface area contributed by atoms with Crippen molar-refractivity contribution in [3.05, 3.63) is 35.9 Å². The number of rotatable bonds is 8. The molecule has 0 saturated carbocycles. The van der Waals surface area contributed by atoms with Crippen molar-refractivity contribution in [3.8, 4) is 0 Å². The predicted octanol–water partition coefficient (Wildman–Crippen LogP) is 4.91. The van der Waals surface area contributed by atoms with Gasteiger partial charge >= 0.3 is 0 Å². The lowest BCUT2D eigenvalue weighted by atomic mass is 9.94. The second kappa shape index (κ2) is 9.18. The summed E-state index contributed by atoms with van der Waals surface area (Å²) in [7, 11) is 0. The minimum Gasteiger partial charge on any atom is -0.303 e. The molecule has 0 amide bonds. The molecule has 0 spiro atoms. The maximum atomic E-state index is 2.68. The molecule has 1 aliphatic rings. The zero-order chi connectivity index (χ0) is 14.0. The lowest BCUT2D eigenvalue weighted by Crippen LogP contribution is -2.34. The van der Waals surface area contributed by atoms with Crippen LogP contribution in [-0.4, -0.2) is 24.5 Å². The van der Waals surface area contributed by atoms with Crippen LogP contribution in [-0.2, 0) is 6.42 Å². The van der Waals surface area contributed by atoms with Gasteiger partial charge in [-0.1, -0.05) is 56.5 Å². The van der Waals surface area contributed by atoms with Crippen LogP contribution in [0.5, 0.6) is 0 Å². The summed E-state index contributed by atoms with van der Waals surface area (Å²) in [4.78, 5) is 2.68. The summed E-state index contributed by atoms with van der Waals surface area (Å²) in [6.07, 6.45) is 11.0. The molecule has 1 heterocycles. The number of benzene rings is 1. The highest BCUT2D eigenvalue weighted by Crippen LogP contribution is 2.20. The molecule has 0 bridgehead atoms. The third kappa shape index (κ3) is 5.66. The predicted molar refractivity (Wildman–Crippen MR) is 88.1 cm³/mol.